The van der Waals surface area contributed by atoms with Crippen molar-refractivity contribution in [3.8, 4) is 0 Å². The van der Waals surface area contributed by atoms with Crippen LogP contribution in [0.15, 0.2) is 53.9 Å². The maximum absolute atomic E-state index is 13.7. The molecule has 1 N–H and O–H groups in total. The molecule has 0 bridgehead atoms. The highest BCUT2D eigenvalue weighted by Crippen LogP contribution is 2.36. The van der Waals surface area contributed by atoms with Crippen LogP contribution in [-0.4, -0.2) is 40.6 Å². The van der Waals surface area contributed by atoms with Gasteiger partial charge >= 0.3 is 6.03 Å². The predicted molar refractivity (Wildman–Crippen MR) is 119 cm³/mol. The summed E-state index contributed by atoms with van der Waals surface area (Å²) in [5, 5.41) is 4.04. The number of halogens is 1. The SMILES string of the molecule is CCc1ccc(NC(=O)CN2C(=O)N(c3ccc(F)c(C)c3)C(=O)C3SC=CC32)cc1. The lowest BCUT2D eigenvalue weighted by Gasteiger charge is -2.40. The third-order valence-corrected chi connectivity index (χ3v) is 6.52. The van der Waals surface area contributed by atoms with Crippen molar-refractivity contribution in [2.24, 2.45) is 0 Å². The minimum atomic E-state index is -0.596. The lowest BCUT2D eigenvalue weighted by molar-refractivity contribution is -0.121. The molecule has 6 nitrogen and oxygen atoms in total. The zero-order chi connectivity index (χ0) is 22.1. The van der Waals surface area contributed by atoms with Gasteiger partial charge in [0.05, 0.1) is 11.7 Å². The van der Waals surface area contributed by atoms with Crippen molar-refractivity contribution < 1.29 is 18.8 Å². The normalized spacial score (nSPS) is 20.2. The van der Waals surface area contributed by atoms with Crippen LogP contribution in [0.2, 0.25) is 0 Å². The molecule has 2 heterocycles. The summed E-state index contributed by atoms with van der Waals surface area (Å²) in [5.74, 6) is -1.14. The van der Waals surface area contributed by atoms with Gasteiger partial charge in [0, 0.05) is 5.69 Å². The van der Waals surface area contributed by atoms with E-state index in [2.05, 4.69) is 12.2 Å². The molecule has 0 radical (unpaired) electrons. The monoisotopic (exact) mass is 439 g/mol. The summed E-state index contributed by atoms with van der Waals surface area (Å²) in [6, 6.07) is 10.5. The van der Waals surface area contributed by atoms with Gasteiger partial charge < -0.3 is 10.2 Å². The van der Waals surface area contributed by atoms with Crippen LogP contribution in [-0.2, 0) is 16.0 Å². The van der Waals surface area contributed by atoms with Crippen LogP contribution in [0.1, 0.15) is 18.1 Å². The van der Waals surface area contributed by atoms with Gasteiger partial charge in [0.25, 0.3) is 5.91 Å². The van der Waals surface area contributed by atoms with E-state index in [-0.39, 0.29) is 18.4 Å². The van der Waals surface area contributed by atoms with Gasteiger partial charge in [-0.2, -0.15) is 0 Å². The van der Waals surface area contributed by atoms with E-state index >= 15 is 0 Å². The first-order valence-corrected chi connectivity index (χ1v) is 10.9. The van der Waals surface area contributed by atoms with E-state index in [1.165, 1.54) is 34.9 Å². The molecule has 160 valence electrons. The average Bonchev–Trinajstić information content (AvgIpc) is 3.24. The van der Waals surface area contributed by atoms with Crippen LogP contribution in [0.5, 0.6) is 0 Å². The van der Waals surface area contributed by atoms with Crippen molar-refractivity contribution in [2.75, 3.05) is 16.8 Å². The fourth-order valence-corrected chi connectivity index (χ4v) is 4.74. The van der Waals surface area contributed by atoms with Crippen molar-refractivity contribution in [1.29, 1.82) is 0 Å². The molecule has 0 aromatic heterocycles. The zero-order valence-corrected chi connectivity index (χ0v) is 18.0. The van der Waals surface area contributed by atoms with E-state index < -0.39 is 23.1 Å². The molecule has 0 aliphatic carbocycles. The molecule has 4 rings (SSSR count). The Morgan fingerprint density at radius 2 is 1.90 bits per heavy atom. The Bertz CT molecular complexity index is 1070. The van der Waals surface area contributed by atoms with Gasteiger partial charge in [0.1, 0.15) is 17.6 Å². The number of rotatable bonds is 5. The number of hydrogen-bond donors (Lipinski definition) is 1. The molecule has 1 saturated heterocycles. The van der Waals surface area contributed by atoms with E-state index in [1.807, 2.05) is 24.3 Å². The standard InChI is InChI=1S/C23H22FN3O3S/c1-3-15-4-6-16(7-5-15)25-20(28)13-26-19-10-11-31-21(19)22(29)27(23(26)30)17-8-9-18(24)14(2)12-17/h4-12,19,21H,3,13H2,1-2H3,(H,25,28). The molecule has 2 aliphatic rings. The second-order valence-electron chi connectivity index (χ2n) is 7.49. The molecule has 31 heavy (non-hydrogen) atoms. The number of anilines is 2. The van der Waals surface area contributed by atoms with Crippen LogP contribution >= 0.6 is 11.8 Å². The summed E-state index contributed by atoms with van der Waals surface area (Å²) in [6.07, 6.45) is 2.66. The van der Waals surface area contributed by atoms with Gasteiger partial charge in [0.15, 0.2) is 0 Å². The second kappa shape index (κ2) is 8.55. The van der Waals surface area contributed by atoms with Gasteiger partial charge in [-0.05, 0) is 60.2 Å². The quantitative estimate of drug-likeness (QED) is 0.762. The highest BCUT2D eigenvalue weighted by molar-refractivity contribution is 8.03. The molecule has 2 aliphatic heterocycles. The number of fused-ring (bicyclic) bond motifs is 1. The molecule has 4 amide bonds. The number of carbonyl (C=O) groups is 3. The molecule has 2 unspecified atom stereocenters. The zero-order valence-electron chi connectivity index (χ0n) is 17.2. The van der Waals surface area contributed by atoms with E-state index in [0.29, 0.717) is 16.9 Å². The number of nitrogens with one attached hydrogen (secondary N) is 1. The first-order valence-electron chi connectivity index (χ1n) is 10.0. The molecule has 1 fully saturated rings. The lowest BCUT2D eigenvalue weighted by Crippen LogP contribution is -2.63. The Morgan fingerprint density at radius 1 is 1.16 bits per heavy atom. The second-order valence-corrected chi connectivity index (χ2v) is 8.54. The highest BCUT2D eigenvalue weighted by Gasteiger charge is 2.48. The number of thioether (sulfide) groups is 1. The highest BCUT2D eigenvalue weighted by atomic mass is 32.2. The minimum Gasteiger partial charge on any atom is -0.325 e. The fraction of sp³-hybridized carbons (Fsp3) is 0.261. The van der Waals surface area contributed by atoms with Crippen molar-refractivity contribution >= 4 is 41.0 Å². The topological polar surface area (TPSA) is 69.7 Å². The predicted octanol–water partition coefficient (Wildman–Crippen LogP) is 4.10. The van der Waals surface area contributed by atoms with Crippen molar-refractivity contribution in [3.63, 3.8) is 0 Å². The molecule has 0 spiro atoms. The van der Waals surface area contributed by atoms with Crippen LogP contribution in [0, 0.1) is 12.7 Å². The van der Waals surface area contributed by atoms with E-state index in [4.69, 9.17) is 0 Å². The van der Waals surface area contributed by atoms with Gasteiger partial charge in [-0.1, -0.05) is 25.1 Å². The number of carbonyl (C=O) groups excluding carboxylic acids is 3. The summed E-state index contributed by atoms with van der Waals surface area (Å²) in [5.41, 5.74) is 2.42. The minimum absolute atomic E-state index is 0.204. The van der Waals surface area contributed by atoms with Gasteiger partial charge in [0.2, 0.25) is 5.91 Å². The van der Waals surface area contributed by atoms with Crippen LogP contribution in [0.4, 0.5) is 20.6 Å². The molecule has 2 atom stereocenters. The van der Waals surface area contributed by atoms with Crippen LogP contribution < -0.4 is 10.2 Å². The molecule has 0 saturated carbocycles. The maximum atomic E-state index is 13.7. The van der Waals surface area contributed by atoms with Gasteiger partial charge in [-0.15, -0.1) is 11.8 Å². The number of imide groups is 1. The maximum Gasteiger partial charge on any atom is 0.332 e. The van der Waals surface area contributed by atoms with Crippen LogP contribution in [0.25, 0.3) is 0 Å². The first-order chi connectivity index (χ1) is 14.9. The van der Waals surface area contributed by atoms with Gasteiger partial charge in [-0.25, -0.2) is 14.1 Å². The molecule has 2 aromatic rings. The number of benzene rings is 2. The molecule has 2 aromatic carbocycles. The summed E-state index contributed by atoms with van der Waals surface area (Å²) in [6.45, 7) is 3.42. The molecular weight excluding hydrogens is 417 g/mol. The van der Waals surface area contributed by atoms with Crippen molar-refractivity contribution in [2.45, 2.75) is 31.6 Å². The Labute approximate surface area is 184 Å². The summed E-state index contributed by atoms with van der Waals surface area (Å²) in [4.78, 5) is 41.4. The number of nitrogens with zero attached hydrogens (tertiary/aromatic N) is 2. The van der Waals surface area contributed by atoms with Crippen molar-refractivity contribution in [1.82, 2.24) is 4.90 Å². The Kier molecular flexibility index (Phi) is 5.82. The fourth-order valence-electron chi connectivity index (χ4n) is 3.70. The Hall–Kier alpha value is -3.13. The number of aryl methyl sites for hydroxylation is 2. The molecular formula is C23H22FN3O3S. The van der Waals surface area contributed by atoms with Crippen molar-refractivity contribution in [3.05, 3.63) is 70.9 Å². The Balaban J connectivity index is 1.57. The first kappa shape index (κ1) is 21.1. The average molecular weight is 440 g/mol. The Morgan fingerprint density at radius 3 is 2.58 bits per heavy atom. The number of hydrogen-bond acceptors (Lipinski definition) is 4. The van der Waals surface area contributed by atoms with E-state index in [1.54, 1.807) is 18.4 Å². The summed E-state index contributed by atoms with van der Waals surface area (Å²) < 4.78 is 13.7. The van der Waals surface area contributed by atoms with Crippen LogP contribution in [0.3, 0.4) is 0 Å². The summed E-state index contributed by atoms with van der Waals surface area (Å²) in [7, 11) is 0. The smallest absolute Gasteiger partial charge is 0.325 e. The number of amides is 4. The van der Waals surface area contributed by atoms with E-state index in [0.717, 1.165) is 16.9 Å². The lowest BCUT2D eigenvalue weighted by atomic mass is 10.1. The molecule has 8 heteroatoms. The third kappa shape index (κ3) is 4.07. The van der Waals surface area contributed by atoms with E-state index in [9.17, 15) is 18.8 Å². The summed E-state index contributed by atoms with van der Waals surface area (Å²) >= 11 is 1.31. The van der Waals surface area contributed by atoms with Gasteiger partial charge in [-0.3, -0.25) is 9.59 Å². The third-order valence-electron chi connectivity index (χ3n) is 5.43. The number of urea groups is 1. The largest absolute Gasteiger partial charge is 0.332 e.